The smallest absolute Gasteiger partial charge is 0.216 e. The van der Waals surface area contributed by atoms with Crippen molar-refractivity contribution in [2.24, 2.45) is 5.10 Å². The quantitative estimate of drug-likeness (QED) is 0.550. The zero-order chi connectivity index (χ0) is 16.9. The molecule has 24 heavy (non-hydrogen) atoms. The highest BCUT2D eigenvalue weighted by Crippen LogP contribution is 2.28. The largest absolute Gasteiger partial charge is 0.504 e. The van der Waals surface area contributed by atoms with Crippen LogP contribution in [0, 0.1) is 4.77 Å². The third-order valence-corrected chi connectivity index (χ3v) is 3.48. The van der Waals surface area contributed by atoms with Crippen LogP contribution in [0.3, 0.4) is 0 Å². The lowest BCUT2D eigenvalue weighted by Crippen LogP contribution is -1.97. The van der Waals surface area contributed by atoms with Crippen molar-refractivity contribution in [3.63, 3.8) is 0 Å². The van der Waals surface area contributed by atoms with Gasteiger partial charge in [0.05, 0.1) is 12.8 Å². The van der Waals surface area contributed by atoms with Gasteiger partial charge in [-0.05, 0) is 43.4 Å². The van der Waals surface area contributed by atoms with Crippen LogP contribution in [0.5, 0.6) is 11.5 Å². The van der Waals surface area contributed by atoms with Gasteiger partial charge in [-0.2, -0.15) is 14.9 Å². The minimum absolute atomic E-state index is 0.0287. The number of aromatic amines is 1. The SMILES string of the molecule is CCOc1cccc(/C=N/n2c(-c3cccnc3)n[nH]c2=S)c1O. The lowest BCUT2D eigenvalue weighted by Gasteiger charge is -2.07. The minimum atomic E-state index is 0.0287. The van der Waals surface area contributed by atoms with Crippen LogP contribution in [0.2, 0.25) is 0 Å². The summed E-state index contributed by atoms with van der Waals surface area (Å²) >= 11 is 5.21. The van der Waals surface area contributed by atoms with Crippen molar-refractivity contribution in [2.45, 2.75) is 6.92 Å². The van der Waals surface area contributed by atoms with Gasteiger partial charge >= 0.3 is 0 Å². The maximum Gasteiger partial charge on any atom is 0.216 e. The summed E-state index contributed by atoms with van der Waals surface area (Å²) in [6, 6.07) is 8.87. The Bertz CT molecular complexity index is 918. The number of pyridine rings is 1. The maximum atomic E-state index is 10.2. The molecule has 1 aromatic carbocycles. The summed E-state index contributed by atoms with van der Waals surface area (Å²) in [5.74, 6) is 0.968. The summed E-state index contributed by atoms with van der Waals surface area (Å²) in [6.07, 6.45) is 4.85. The summed E-state index contributed by atoms with van der Waals surface area (Å²) < 4.78 is 7.18. The van der Waals surface area contributed by atoms with Crippen LogP contribution in [0.15, 0.2) is 47.8 Å². The van der Waals surface area contributed by atoms with Gasteiger partial charge in [-0.3, -0.25) is 4.98 Å². The Morgan fingerprint density at radius 2 is 2.25 bits per heavy atom. The van der Waals surface area contributed by atoms with Gasteiger partial charge < -0.3 is 9.84 Å². The first-order valence-corrected chi connectivity index (χ1v) is 7.68. The molecule has 0 unspecified atom stereocenters. The Hall–Kier alpha value is -3.00. The van der Waals surface area contributed by atoms with Gasteiger partial charge in [0, 0.05) is 23.5 Å². The van der Waals surface area contributed by atoms with E-state index in [1.807, 2.05) is 13.0 Å². The van der Waals surface area contributed by atoms with Crippen LogP contribution in [-0.4, -0.2) is 37.8 Å². The number of nitrogens with zero attached hydrogens (tertiary/aromatic N) is 4. The molecule has 122 valence electrons. The first-order chi connectivity index (χ1) is 11.7. The summed E-state index contributed by atoms with van der Waals surface area (Å²) in [5.41, 5.74) is 1.29. The van der Waals surface area contributed by atoms with E-state index in [9.17, 15) is 5.11 Å². The second-order valence-electron chi connectivity index (χ2n) is 4.78. The van der Waals surface area contributed by atoms with Gasteiger partial charge in [0.15, 0.2) is 17.3 Å². The molecule has 0 aliphatic carbocycles. The molecular formula is C16H15N5O2S. The number of ether oxygens (including phenoxy) is 1. The van der Waals surface area contributed by atoms with Crippen molar-refractivity contribution in [3.05, 3.63) is 53.1 Å². The Morgan fingerprint density at radius 3 is 3.00 bits per heavy atom. The van der Waals surface area contributed by atoms with Crippen LogP contribution in [0.1, 0.15) is 12.5 Å². The van der Waals surface area contributed by atoms with E-state index in [0.717, 1.165) is 5.56 Å². The summed E-state index contributed by atoms with van der Waals surface area (Å²) in [6.45, 7) is 2.32. The highest BCUT2D eigenvalue weighted by molar-refractivity contribution is 7.71. The van der Waals surface area contributed by atoms with Gasteiger partial charge in [-0.1, -0.05) is 6.07 Å². The van der Waals surface area contributed by atoms with E-state index >= 15 is 0 Å². The van der Waals surface area contributed by atoms with Crippen LogP contribution in [0.4, 0.5) is 0 Å². The van der Waals surface area contributed by atoms with Crippen LogP contribution in [0.25, 0.3) is 11.4 Å². The number of phenols is 1. The molecule has 2 aromatic heterocycles. The Balaban J connectivity index is 1.98. The Kier molecular flexibility index (Phi) is 4.66. The molecule has 0 saturated heterocycles. The molecule has 2 N–H and O–H groups in total. The second kappa shape index (κ2) is 7.05. The average molecular weight is 341 g/mol. The zero-order valence-corrected chi connectivity index (χ0v) is 13.7. The van der Waals surface area contributed by atoms with Gasteiger partial charge in [-0.25, -0.2) is 5.10 Å². The number of para-hydroxylation sites is 1. The van der Waals surface area contributed by atoms with Crippen molar-refractivity contribution < 1.29 is 9.84 Å². The highest BCUT2D eigenvalue weighted by atomic mass is 32.1. The van der Waals surface area contributed by atoms with Crippen molar-refractivity contribution in [1.82, 2.24) is 19.9 Å². The first kappa shape index (κ1) is 15.9. The minimum Gasteiger partial charge on any atom is -0.504 e. The molecule has 0 aliphatic heterocycles. The molecule has 7 nitrogen and oxygen atoms in total. The molecule has 0 spiro atoms. The second-order valence-corrected chi connectivity index (χ2v) is 5.16. The molecule has 0 atom stereocenters. The van der Waals surface area contributed by atoms with E-state index in [2.05, 4.69) is 20.3 Å². The monoisotopic (exact) mass is 341 g/mol. The predicted molar refractivity (Wildman–Crippen MR) is 92.9 cm³/mol. The van der Waals surface area contributed by atoms with Crippen molar-refractivity contribution in [3.8, 4) is 22.9 Å². The van der Waals surface area contributed by atoms with Gasteiger partial charge in [0.2, 0.25) is 4.77 Å². The Morgan fingerprint density at radius 1 is 1.38 bits per heavy atom. The highest BCUT2D eigenvalue weighted by Gasteiger charge is 2.09. The Labute approximate surface area is 143 Å². The van der Waals surface area contributed by atoms with Crippen LogP contribution >= 0.6 is 12.2 Å². The number of nitrogens with one attached hydrogen (secondary N) is 1. The molecular weight excluding hydrogens is 326 g/mol. The van der Waals surface area contributed by atoms with Crippen molar-refractivity contribution in [1.29, 1.82) is 0 Å². The van der Waals surface area contributed by atoms with E-state index in [1.54, 1.807) is 36.7 Å². The normalized spacial score (nSPS) is 11.0. The fourth-order valence-corrected chi connectivity index (χ4v) is 2.30. The van der Waals surface area contributed by atoms with Crippen LogP contribution in [-0.2, 0) is 0 Å². The number of aromatic nitrogens is 4. The molecule has 0 fully saturated rings. The maximum absolute atomic E-state index is 10.2. The third-order valence-electron chi connectivity index (χ3n) is 3.21. The molecule has 3 aromatic rings. The molecule has 0 saturated carbocycles. The summed E-state index contributed by atoms with van der Waals surface area (Å²) in [5, 5.41) is 21.4. The fourth-order valence-electron chi connectivity index (χ4n) is 2.12. The molecule has 0 amide bonds. The number of hydrogen-bond acceptors (Lipinski definition) is 6. The fraction of sp³-hybridized carbons (Fsp3) is 0.125. The van der Waals surface area contributed by atoms with Crippen molar-refractivity contribution >= 4 is 18.4 Å². The van der Waals surface area contributed by atoms with Gasteiger partial charge in [0.25, 0.3) is 0 Å². The summed E-state index contributed by atoms with van der Waals surface area (Å²) in [4.78, 5) is 4.07. The average Bonchev–Trinajstić information content (AvgIpc) is 2.97. The zero-order valence-electron chi connectivity index (χ0n) is 12.9. The molecule has 3 rings (SSSR count). The van der Waals surface area contributed by atoms with E-state index < -0.39 is 0 Å². The number of aromatic hydroxyl groups is 1. The van der Waals surface area contributed by atoms with E-state index in [4.69, 9.17) is 17.0 Å². The van der Waals surface area contributed by atoms with Gasteiger partial charge in [0.1, 0.15) is 0 Å². The molecule has 0 aliphatic rings. The van der Waals surface area contributed by atoms with Crippen molar-refractivity contribution in [2.75, 3.05) is 6.61 Å². The number of phenolic OH excluding ortho intramolecular Hbond substituents is 1. The molecule has 8 heteroatoms. The topological polar surface area (TPSA) is 88.3 Å². The lowest BCUT2D eigenvalue weighted by atomic mass is 10.2. The molecule has 0 radical (unpaired) electrons. The van der Waals surface area contributed by atoms with Gasteiger partial charge in [-0.15, -0.1) is 0 Å². The number of benzene rings is 1. The van der Waals surface area contributed by atoms with E-state index in [-0.39, 0.29) is 5.75 Å². The predicted octanol–water partition coefficient (Wildman–Crippen LogP) is 2.99. The van der Waals surface area contributed by atoms with E-state index in [0.29, 0.717) is 28.5 Å². The number of H-pyrrole nitrogens is 1. The number of hydrogen-bond donors (Lipinski definition) is 2. The number of rotatable bonds is 5. The standard InChI is InChI=1S/C16H15N5O2S/c1-2-23-13-7-3-5-11(14(13)22)10-18-21-15(19-20-16(21)24)12-6-4-8-17-9-12/h3-10,22H,2H2,1H3,(H,20,24)/b18-10+. The molecule has 2 heterocycles. The van der Waals surface area contributed by atoms with E-state index in [1.165, 1.54) is 10.9 Å². The molecule has 0 bridgehead atoms. The first-order valence-electron chi connectivity index (χ1n) is 7.27. The summed E-state index contributed by atoms with van der Waals surface area (Å²) in [7, 11) is 0. The lowest BCUT2D eigenvalue weighted by molar-refractivity contribution is 0.318. The third kappa shape index (κ3) is 3.18. The van der Waals surface area contributed by atoms with Crippen LogP contribution < -0.4 is 4.74 Å².